The van der Waals surface area contributed by atoms with E-state index >= 15 is 0 Å². The molecule has 3 aromatic rings. The van der Waals surface area contributed by atoms with Gasteiger partial charge in [-0.15, -0.1) is 0 Å². The van der Waals surface area contributed by atoms with E-state index in [4.69, 9.17) is 4.74 Å². The van der Waals surface area contributed by atoms with Crippen LogP contribution in [-0.4, -0.2) is 41.0 Å². The summed E-state index contributed by atoms with van der Waals surface area (Å²) in [6.07, 6.45) is 2.28. The summed E-state index contributed by atoms with van der Waals surface area (Å²) in [5.74, 6) is 0.725. The first-order valence-electron chi connectivity index (χ1n) is 10.8. The van der Waals surface area contributed by atoms with Gasteiger partial charge < -0.3 is 15.0 Å². The Bertz CT molecular complexity index is 1120. The molecule has 1 N–H and O–H groups in total. The van der Waals surface area contributed by atoms with Gasteiger partial charge in [0.1, 0.15) is 17.3 Å². The minimum atomic E-state index is -0.279. The maximum absolute atomic E-state index is 14.3. The van der Waals surface area contributed by atoms with Gasteiger partial charge in [-0.05, 0) is 68.7 Å². The van der Waals surface area contributed by atoms with Crippen LogP contribution in [0.3, 0.4) is 0 Å². The molecule has 0 bridgehead atoms. The number of rotatable bonds is 4. The summed E-state index contributed by atoms with van der Waals surface area (Å²) < 4.78 is 20.5. The maximum Gasteiger partial charge on any atom is 0.254 e. The molecule has 2 atom stereocenters. The molecule has 31 heavy (non-hydrogen) atoms. The predicted octanol–water partition coefficient (Wildman–Crippen LogP) is 4.86. The van der Waals surface area contributed by atoms with Crippen molar-refractivity contribution < 1.29 is 13.9 Å². The highest BCUT2D eigenvalue weighted by molar-refractivity contribution is 5.99. The van der Waals surface area contributed by atoms with Crippen LogP contribution in [0.4, 0.5) is 4.39 Å². The van der Waals surface area contributed by atoms with Crippen LogP contribution in [0.1, 0.15) is 42.3 Å². The second-order valence-electron chi connectivity index (χ2n) is 8.27. The SMILES string of the molecule is CCc1cc(C)c(Oc2ccnc3ccc(C(=O)N4C(C)CNCC4C)cc23)cc1F. The predicted molar refractivity (Wildman–Crippen MR) is 120 cm³/mol. The standard InChI is InChI=1S/C25H28FN3O2/c1-5-18-10-15(2)24(12-21(18)26)31-23-8-9-28-22-7-6-19(11-20(22)23)25(30)29-16(3)13-27-14-17(29)4/h6-12,16-17,27H,5,13-14H2,1-4H3. The number of amides is 1. The third kappa shape index (κ3) is 4.12. The molecule has 1 aliphatic heterocycles. The number of ether oxygens (including phenoxy) is 1. The molecule has 1 amide bonds. The lowest BCUT2D eigenvalue weighted by atomic mass is 10.0. The number of aryl methyl sites for hydroxylation is 2. The van der Waals surface area contributed by atoms with Crippen molar-refractivity contribution in [2.75, 3.05) is 13.1 Å². The van der Waals surface area contributed by atoms with Crippen LogP contribution in [0.25, 0.3) is 10.9 Å². The molecule has 0 radical (unpaired) electrons. The third-order valence-electron chi connectivity index (χ3n) is 5.96. The Morgan fingerprint density at radius 2 is 1.90 bits per heavy atom. The summed E-state index contributed by atoms with van der Waals surface area (Å²) in [5, 5.41) is 4.08. The highest BCUT2D eigenvalue weighted by Crippen LogP contribution is 2.33. The van der Waals surface area contributed by atoms with Gasteiger partial charge in [-0.1, -0.05) is 6.92 Å². The van der Waals surface area contributed by atoms with Crippen molar-refractivity contribution in [1.29, 1.82) is 0 Å². The summed E-state index contributed by atoms with van der Waals surface area (Å²) in [7, 11) is 0. The highest BCUT2D eigenvalue weighted by atomic mass is 19.1. The van der Waals surface area contributed by atoms with Gasteiger partial charge in [-0.3, -0.25) is 9.78 Å². The van der Waals surface area contributed by atoms with Crippen molar-refractivity contribution in [1.82, 2.24) is 15.2 Å². The Morgan fingerprint density at radius 1 is 1.16 bits per heavy atom. The van der Waals surface area contributed by atoms with E-state index in [1.165, 1.54) is 6.07 Å². The summed E-state index contributed by atoms with van der Waals surface area (Å²) in [6, 6.07) is 10.7. The number of piperazine rings is 1. The summed E-state index contributed by atoms with van der Waals surface area (Å²) in [6.45, 7) is 9.48. The van der Waals surface area contributed by atoms with Gasteiger partial charge in [-0.2, -0.15) is 0 Å². The first kappa shape index (κ1) is 21.2. The van der Waals surface area contributed by atoms with Crippen molar-refractivity contribution in [3.05, 3.63) is 65.1 Å². The van der Waals surface area contributed by atoms with E-state index in [1.54, 1.807) is 12.3 Å². The number of nitrogens with zero attached hydrogens (tertiary/aromatic N) is 2. The quantitative estimate of drug-likeness (QED) is 0.654. The smallest absolute Gasteiger partial charge is 0.254 e. The number of carbonyl (C=O) groups excluding carboxylic acids is 1. The summed E-state index contributed by atoms with van der Waals surface area (Å²) in [5.41, 5.74) is 2.84. The molecule has 1 aromatic heterocycles. The van der Waals surface area contributed by atoms with E-state index in [1.807, 2.05) is 43.0 Å². The van der Waals surface area contributed by atoms with Crippen LogP contribution in [0.5, 0.6) is 11.5 Å². The number of halogens is 1. The molecule has 0 saturated carbocycles. The largest absolute Gasteiger partial charge is 0.456 e. The van der Waals surface area contributed by atoms with Gasteiger partial charge in [0.15, 0.2) is 0 Å². The average molecular weight is 422 g/mol. The number of nitrogens with one attached hydrogen (secondary N) is 1. The molecule has 2 aromatic carbocycles. The Hall–Kier alpha value is -2.99. The number of fused-ring (bicyclic) bond motifs is 1. The highest BCUT2D eigenvalue weighted by Gasteiger charge is 2.29. The average Bonchev–Trinajstić information content (AvgIpc) is 2.75. The second kappa shape index (κ2) is 8.63. The fourth-order valence-corrected chi connectivity index (χ4v) is 4.25. The minimum Gasteiger partial charge on any atom is -0.456 e. The van der Waals surface area contributed by atoms with Crippen molar-refractivity contribution in [2.45, 2.75) is 46.2 Å². The Balaban J connectivity index is 1.71. The van der Waals surface area contributed by atoms with E-state index in [-0.39, 0.29) is 23.8 Å². The zero-order chi connectivity index (χ0) is 22.1. The molecule has 2 heterocycles. The van der Waals surface area contributed by atoms with E-state index in [9.17, 15) is 9.18 Å². The number of hydrogen-bond donors (Lipinski definition) is 1. The van der Waals surface area contributed by atoms with Crippen LogP contribution in [0.15, 0.2) is 42.6 Å². The van der Waals surface area contributed by atoms with Crippen molar-refractivity contribution in [3.8, 4) is 11.5 Å². The normalized spacial score (nSPS) is 18.9. The molecule has 1 fully saturated rings. The fourth-order valence-electron chi connectivity index (χ4n) is 4.25. The van der Waals surface area contributed by atoms with Gasteiger partial charge in [0.2, 0.25) is 0 Å². The first-order chi connectivity index (χ1) is 14.9. The lowest BCUT2D eigenvalue weighted by Crippen LogP contribution is -2.57. The molecule has 2 unspecified atom stereocenters. The molecule has 0 spiro atoms. The molecule has 5 nitrogen and oxygen atoms in total. The minimum absolute atomic E-state index is 0.00673. The van der Waals surface area contributed by atoms with Gasteiger partial charge in [0.05, 0.1) is 5.52 Å². The molecule has 162 valence electrons. The van der Waals surface area contributed by atoms with E-state index in [2.05, 4.69) is 24.1 Å². The Labute approximate surface area is 182 Å². The molecule has 0 aliphatic carbocycles. The molecule has 1 aliphatic rings. The lowest BCUT2D eigenvalue weighted by molar-refractivity contribution is 0.0544. The van der Waals surface area contributed by atoms with Gasteiger partial charge in [0, 0.05) is 48.4 Å². The second-order valence-corrected chi connectivity index (χ2v) is 8.27. The van der Waals surface area contributed by atoms with Crippen LogP contribution < -0.4 is 10.1 Å². The van der Waals surface area contributed by atoms with Gasteiger partial charge >= 0.3 is 0 Å². The van der Waals surface area contributed by atoms with E-state index in [0.29, 0.717) is 29.0 Å². The van der Waals surface area contributed by atoms with E-state index in [0.717, 1.165) is 29.6 Å². The van der Waals surface area contributed by atoms with Crippen LogP contribution in [0.2, 0.25) is 0 Å². The molecular weight excluding hydrogens is 393 g/mol. The monoisotopic (exact) mass is 421 g/mol. The zero-order valence-corrected chi connectivity index (χ0v) is 18.4. The topological polar surface area (TPSA) is 54.5 Å². The van der Waals surface area contributed by atoms with E-state index < -0.39 is 0 Å². The van der Waals surface area contributed by atoms with Gasteiger partial charge in [0.25, 0.3) is 5.91 Å². The number of benzene rings is 2. The lowest BCUT2D eigenvalue weighted by Gasteiger charge is -2.39. The first-order valence-corrected chi connectivity index (χ1v) is 10.8. The van der Waals surface area contributed by atoms with Crippen LogP contribution in [-0.2, 0) is 6.42 Å². The van der Waals surface area contributed by atoms with Crippen LogP contribution in [0, 0.1) is 12.7 Å². The number of aromatic nitrogens is 1. The number of carbonyl (C=O) groups is 1. The van der Waals surface area contributed by atoms with Crippen molar-refractivity contribution in [3.63, 3.8) is 0 Å². The fraction of sp³-hybridized carbons (Fsp3) is 0.360. The molecule has 6 heteroatoms. The molecule has 1 saturated heterocycles. The maximum atomic E-state index is 14.3. The number of hydrogen-bond acceptors (Lipinski definition) is 4. The van der Waals surface area contributed by atoms with Crippen LogP contribution >= 0.6 is 0 Å². The van der Waals surface area contributed by atoms with Crippen molar-refractivity contribution >= 4 is 16.8 Å². The Kier molecular flexibility index (Phi) is 5.92. The van der Waals surface area contributed by atoms with Gasteiger partial charge in [-0.25, -0.2) is 4.39 Å². The molecule has 4 rings (SSSR count). The summed E-state index contributed by atoms with van der Waals surface area (Å²) >= 11 is 0. The number of pyridine rings is 1. The zero-order valence-electron chi connectivity index (χ0n) is 18.4. The van der Waals surface area contributed by atoms with Crippen molar-refractivity contribution in [2.24, 2.45) is 0 Å². The molecular formula is C25H28FN3O2. The third-order valence-corrected chi connectivity index (χ3v) is 5.96. The Morgan fingerprint density at radius 3 is 2.61 bits per heavy atom. The summed E-state index contributed by atoms with van der Waals surface area (Å²) in [4.78, 5) is 19.6.